The Balaban J connectivity index is 1.69. The van der Waals surface area contributed by atoms with Crippen LogP contribution in [0.3, 0.4) is 0 Å². The van der Waals surface area contributed by atoms with Crippen molar-refractivity contribution < 1.29 is 4.52 Å². The van der Waals surface area contributed by atoms with Gasteiger partial charge in [-0.15, -0.1) is 0 Å². The molecule has 0 unspecified atom stereocenters. The van der Waals surface area contributed by atoms with E-state index in [0.717, 1.165) is 47.3 Å². The second kappa shape index (κ2) is 6.48. The average Bonchev–Trinajstić information content (AvgIpc) is 3.06. The Morgan fingerprint density at radius 1 is 1.24 bits per heavy atom. The lowest BCUT2D eigenvalue weighted by Crippen LogP contribution is -2.35. The van der Waals surface area contributed by atoms with E-state index in [4.69, 9.17) is 4.52 Å². The molecule has 2 aromatic heterocycles. The van der Waals surface area contributed by atoms with Crippen molar-refractivity contribution in [3.63, 3.8) is 0 Å². The van der Waals surface area contributed by atoms with Gasteiger partial charge in [0.25, 0.3) is 5.56 Å². The van der Waals surface area contributed by atoms with Crippen LogP contribution in [0.2, 0.25) is 0 Å². The van der Waals surface area contributed by atoms with Gasteiger partial charge < -0.3 is 9.09 Å². The second-order valence-electron chi connectivity index (χ2n) is 6.94. The van der Waals surface area contributed by atoms with E-state index in [1.165, 1.54) is 6.42 Å². The van der Waals surface area contributed by atoms with Gasteiger partial charge in [-0.3, -0.25) is 9.69 Å². The van der Waals surface area contributed by atoms with Gasteiger partial charge in [0, 0.05) is 25.2 Å². The highest BCUT2D eigenvalue weighted by molar-refractivity contribution is 5.79. The van der Waals surface area contributed by atoms with Crippen LogP contribution in [-0.4, -0.2) is 21.2 Å². The topological polar surface area (TPSA) is 51.3 Å². The molecule has 0 saturated carbocycles. The lowest BCUT2D eigenvalue weighted by molar-refractivity contribution is 0.133. The smallest absolute Gasteiger partial charge is 0.255 e. The zero-order chi connectivity index (χ0) is 17.4. The van der Waals surface area contributed by atoms with Crippen molar-refractivity contribution in [3.8, 4) is 0 Å². The molecule has 1 aromatic carbocycles. The van der Waals surface area contributed by atoms with Crippen molar-refractivity contribution in [2.24, 2.45) is 7.05 Å². The number of nitrogens with zero attached hydrogens (tertiary/aromatic N) is 3. The summed E-state index contributed by atoms with van der Waals surface area (Å²) in [6, 6.07) is 12.3. The molecule has 5 heteroatoms. The van der Waals surface area contributed by atoms with Gasteiger partial charge in [-0.05, 0) is 43.8 Å². The predicted molar refractivity (Wildman–Crippen MR) is 97.4 cm³/mol. The number of aryl methyl sites for hydroxylation is 2. The van der Waals surface area contributed by atoms with Crippen LogP contribution in [0, 0.1) is 6.92 Å². The summed E-state index contributed by atoms with van der Waals surface area (Å²) in [6.45, 7) is 3.55. The van der Waals surface area contributed by atoms with E-state index < -0.39 is 0 Å². The van der Waals surface area contributed by atoms with Gasteiger partial charge >= 0.3 is 0 Å². The van der Waals surface area contributed by atoms with E-state index in [1.54, 1.807) is 4.57 Å². The van der Waals surface area contributed by atoms with E-state index in [0.29, 0.717) is 6.54 Å². The molecule has 1 saturated heterocycles. The fraction of sp³-hybridized carbons (Fsp3) is 0.400. The lowest BCUT2D eigenvalue weighted by atomic mass is 9.98. The Bertz CT molecular complexity index is 957. The molecule has 1 aliphatic rings. The van der Waals surface area contributed by atoms with Gasteiger partial charge in [0.1, 0.15) is 11.5 Å². The third-order valence-electron chi connectivity index (χ3n) is 5.18. The lowest BCUT2D eigenvalue weighted by Gasteiger charge is -2.34. The molecule has 5 nitrogen and oxygen atoms in total. The molecule has 3 aromatic rings. The summed E-state index contributed by atoms with van der Waals surface area (Å²) in [5, 5.41) is 5.32. The summed E-state index contributed by atoms with van der Waals surface area (Å²) in [4.78, 5) is 15.2. The molecule has 1 fully saturated rings. The fourth-order valence-corrected chi connectivity index (χ4v) is 3.88. The number of benzene rings is 1. The largest absolute Gasteiger partial charge is 0.361 e. The Morgan fingerprint density at radius 2 is 2.08 bits per heavy atom. The fourth-order valence-electron chi connectivity index (χ4n) is 3.88. The normalized spacial score (nSPS) is 18.7. The molecule has 0 aliphatic carbocycles. The number of likely N-dealkylation sites (tertiary alicyclic amines) is 1. The second-order valence-corrected chi connectivity index (χ2v) is 6.94. The summed E-state index contributed by atoms with van der Waals surface area (Å²) < 4.78 is 7.03. The van der Waals surface area contributed by atoms with Gasteiger partial charge in [0.05, 0.1) is 11.6 Å². The molecule has 0 radical (unpaired) electrons. The highest BCUT2D eigenvalue weighted by Gasteiger charge is 2.27. The number of pyridine rings is 1. The third-order valence-corrected chi connectivity index (χ3v) is 5.18. The molecule has 1 atom stereocenters. The standard InChI is InChI=1S/C20H23N3O2/c1-14-11-17(21-25-14)19-9-5-6-10-23(19)13-16-12-15-7-3-4-8-18(15)22(2)20(16)24/h3-4,7-8,11-12,19H,5-6,9-10,13H2,1-2H3/t19-/m1/s1. The minimum absolute atomic E-state index is 0.0827. The van der Waals surface area contributed by atoms with Crippen LogP contribution in [0.1, 0.15) is 42.3 Å². The predicted octanol–water partition coefficient (Wildman–Crippen LogP) is 3.56. The van der Waals surface area contributed by atoms with Crippen LogP contribution in [0.5, 0.6) is 0 Å². The van der Waals surface area contributed by atoms with Crippen LogP contribution in [-0.2, 0) is 13.6 Å². The number of para-hydroxylation sites is 1. The Labute approximate surface area is 146 Å². The molecule has 130 valence electrons. The zero-order valence-corrected chi connectivity index (χ0v) is 14.7. The monoisotopic (exact) mass is 337 g/mol. The van der Waals surface area contributed by atoms with Crippen molar-refractivity contribution >= 4 is 10.9 Å². The van der Waals surface area contributed by atoms with Crippen molar-refractivity contribution in [3.05, 3.63) is 63.8 Å². The molecule has 3 heterocycles. The van der Waals surface area contributed by atoms with Gasteiger partial charge in [-0.25, -0.2) is 0 Å². The maximum atomic E-state index is 12.8. The first-order valence-electron chi connectivity index (χ1n) is 8.88. The molecule has 0 spiro atoms. The number of fused-ring (bicyclic) bond motifs is 1. The van der Waals surface area contributed by atoms with Gasteiger partial charge in [-0.1, -0.05) is 29.8 Å². The molecular formula is C20H23N3O2. The maximum Gasteiger partial charge on any atom is 0.255 e. The van der Waals surface area contributed by atoms with Crippen molar-refractivity contribution in [1.82, 2.24) is 14.6 Å². The van der Waals surface area contributed by atoms with Crippen LogP contribution in [0.25, 0.3) is 10.9 Å². The van der Waals surface area contributed by atoms with E-state index in [9.17, 15) is 4.79 Å². The average molecular weight is 337 g/mol. The Hall–Kier alpha value is -2.40. The summed E-state index contributed by atoms with van der Waals surface area (Å²) in [5.41, 5.74) is 2.88. The van der Waals surface area contributed by atoms with E-state index in [-0.39, 0.29) is 11.6 Å². The molecule has 4 rings (SSSR count). The Kier molecular flexibility index (Phi) is 4.17. The minimum Gasteiger partial charge on any atom is -0.361 e. The molecule has 0 bridgehead atoms. The van der Waals surface area contributed by atoms with Gasteiger partial charge in [0.2, 0.25) is 0 Å². The highest BCUT2D eigenvalue weighted by Crippen LogP contribution is 2.31. The number of aromatic nitrogens is 2. The van der Waals surface area contributed by atoms with Crippen LogP contribution in [0.4, 0.5) is 0 Å². The van der Waals surface area contributed by atoms with Crippen LogP contribution in [0.15, 0.2) is 45.7 Å². The van der Waals surface area contributed by atoms with Crippen molar-refractivity contribution in [2.75, 3.05) is 6.54 Å². The first-order chi connectivity index (χ1) is 12.1. The van der Waals surface area contributed by atoms with Crippen LogP contribution >= 0.6 is 0 Å². The number of hydrogen-bond acceptors (Lipinski definition) is 4. The maximum absolute atomic E-state index is 12.8. The molecule has 25 heavy (non-hydrogen) atoms. The molecular weight excluding hydrogens is 314 g/mol. The minimum atomic E-state index is 0.0827. The first-order valence-corrected chi connectivity index (χ1v) is 8.88. The zero-order valence-electron chi connectivity index (χ0n) is 14.7. The Morgan fingerprint density at radius 3 is 2.88 bits per heavy atom. The van der Waals surface area contributed by atoms with E-state index in [1.807, 2.05) is 44.3 Å². The first kappa shape index (κ1) is 16.1. The van der Waals surface area contributed by atoms with Crippen molar-refractivity contribution in [1.29, 1.82) is 0 Å². The van der Waals surface area contributed by atoms with Crippen LogP contribution < -0.4 is 5.56 Å². The summed E-state index contributed by atoms with van der Waals surface area (Å²) in [7, 11) is 1.85. The quantitative estimate of drug-likeness (QED) is 0.733. The molecule has 0 amide bonds. The summed E-state index contributed by atoms with van der Waals surface area (Å²) in [6.07, 6.45) is 3.39. The summed E-state index contributed by atoms with van der Waals surface area (Å²) >= 11 is 0. The third kappa shape index (κ3) is 3.00. The molecule has 1 aliphatic heterocycles. The number of rotatable bonds is 3. The SMILES string of the molecule is Cc1cc([C@H]2CCCCN2Cc2cc3ccccc3n(C)c2=O)no1. The van der Waals surface area contributed by atoms with E-state index in [2.05, 4.69) is 16.1 Å². The number of hydrogen-bond donors (Lipinski definition) is 0. The molecule has 0 N–H and O–H groups in total. The summed E-state index contributed by atoms with van der Waals surface area (Å²) in [5.74, 6) is 0.835. The highest BCUT2D eigenvalue weighted by atomic mass is 16.5. The van der Waals surface area contributed by atoms with Gasteiger partial charge in [0.15, 0.2) is 0 Å². The van der Waals surface area contributed by atoms with E-state index >= 15 is 0 Å². The van der Waals surface area contributed by atoms with Crippen molar-refractivity contribution in [2.45, 2.75) is 38.8 Å². The number of piperidine rings is 1. The van der Waals surface area contributed by atoms with Gasteiger partial charge in [-0.2, -0.15) is 0 Å².